The van der Waals surface area contributed by atoms with Crippen molar-refractivity contribution in [3.63, 3.8) is 0 Å². The van der Waals surface area contributed by atoms with Crippen molar-refractivity contribution in [3.8, 4) is 0 Å². The van der Waals surface area contributed by atoms with E-state index in [2.05, 4.69) is 10.3 Å². The van der Waals surface area contributed by atoms with Crippen molar-refractivity contribution in [2.45, 2.75) is 51.1 Å². The summed E-state index contributed by atoms with van der Waals surface area (Å²) in [5, 5.41) is 10.5. The second-order valence-electron chi connectivity index (χ2n) is 10.5. The van der Waals surface area contributed by atoms with Crippen LogP contribution in [0.5, 0.6) is 0 Å². The van der Waals surface area contributed by atoms with Crippen LogP contribution in [0.15, 0.2) is 48.8 Å². The van der Waals surface area contributed by atoms with E-state index in [1.807, 2.05) is 0 Å². The van der Waals surface area contributed by atoms with E-state index in [1.165, 1.54) is 9.80 Å². The molecule has 214 valence electrons. The second kappa shape index (κ2) is 14.2. The van der Waals surface area contributed by atoms with Gasteiger partial charge in [0.1, 0.15) is 17.8 Å². The summed E-state index contributed by atoms with van der Waals surface area (Å²) in [6.07, 6.45) is 7.69. The Balaban J connectivity index is 1.89. The summed E-state index contributed by atoms with van der Waals surface area (Å²) in [4.78, 5) is 59.5. The molecule has 1 aromatic heterocycles. The summed E-state index contributed by atoms with van der Waals surface area (Å²) in [6.45, 7) is -0.172. The first-order chi connectivity index (χ1) is 19.1. The van der Waals surface area contributed by atoms with Gasteiger partial charge in [0.25, 0.3) is 0 Å². The minimum atomic E-state index is -1.08. The van der Waals surface area contributed by atoms with Gasteiger partial charge in [-0.05, 0) is 48.4 Å². The Kier molecular flexibility index (Phi) is 10.7. The van der Waals surface area contributed by atoms with Gasteiger partial charge in [0.2, 0.25) is 23.6 Å². The minimum Gasteiger partial charge on any atom is -0.384 e. The molecule has 2 atom stereocenters. The number of amides is 4. The highest BCUT2D eigenvalue weighted by Crippen LogP contribution is 2.28. The van der Waals surface area contributed by atoms with Crippen molar-refractivity contribution < 1.29 is 19.2 Å². The molecule has 2 aromatic rings. The Bertz CT molecular complexity index is 1190. The number of pyridine rings is 1. The van der Waals surface area contributed by atoms with E-state index in [9.17, 15) is 19.2 Å². The van der Waals surface area contributed by atoms with Crippen molar-refractivity contribution >= 4 is 29.5 Å². The number of carbonyl (C=O) groups is 4. The Morgan fingerprint density at radius 2 is 1.57 bits per heavy atom. The highest BCUT2D eigenvalue weighted by Gasteiger charge is 2.37. The van der Waals surface area contributed by atoms with Gasteiger partial charge >= 0.3 is 0 Å². The van der Waals surface area contributed by atoms with Crippen molar-refractivity contribution in [1.82, 2.24) is 20.1 Å². The molecule has 1 unspecified atom stereocenters. The number of nitrogens with two attached hydrogens (primary N) is 2. The first kappa shape index (κ1) is 30.3. The third-order valence-electron chi connectivity index (χ3n) is 7.23. The van der Waals surface area contributed by atoms with Crippen LogP contribution in [0, 0.1) is 17.2 Å². The zero-order valence-electron chi connectivity index (χ0n) is 23.1. The van der Waals surface area contributed by atoms with Crippen molar-refractivity contribution in [1.29, 1.82) is 5.41 Å². The molecule has 1 aliphatic rings. The van der Waals surface area contributed by atoms with Gasteiger partial charge in [0.05, 0.1) is 6.54 Å². The number of nitrogens with zero attached hydrogens (tertiary/aromatic N) is 3. The summed E-state index contributed by atoms with van der Waals surface area (Å²) in [6, 6.07) is 9.38. The molecule has 0 bridgehead atoms. The Morgan fingerprint density at radius 3 is 2.12 bits per heavy atom. The third-order valence-corrected chi connectivity index (χ3v) is 7.23. The van der Waals surface area contributed by atoms with Crippen LogP contribution < -0.4 is 16.8 Å². The van der Waals surface area contributed by atoms with Crippen LogP contribution in [0.4, 0.5) is 0 Å². The SMILES string of the molecule is CN(C)C(=O)C(Cc1ccc(C(=N)N)cc1)C(=O)N[C@H](C(=O)N(CC(N)=O)Cc1ccncc1)C1CCCCC1. The fourth-order valence-corrected chi connectivity index (χ4v) is 5.07. The zero-order valence-corrected chi connectivity index (χ0v) is 23.1. The zero-order chi connectivity index (χ0) is 29.2. The van der Waals surface area contributed by atoms with Crippen LogP contribution in [0.1, 0.15) is 48.8 Å². The molecule has 40 heavy (non-hydrogen) atoms. The molecule has 1 aromatic carbocycles. The lowest BCUT2D eigenvalue weighted by Crippen LogP contribution is -2.56. The number of primary amides is 1. The van der Waals surface area contributed by atoms with Crippen LogP contribution in [0.3, 0.4) is 0 Å². The highest BCUT2D eigenvalue weighted by molar-refractivity contribution is 6.02. The van der Waals surface area contributed by atoms with Crippen LogP contribution in [-0.2, 0) is 32.1 Å². The van der Waals surface area contributed by atoms with Crippen molar-refractivity contribution in [2.24, 2.45) is 23.3 Å². The van der Waals surface area contributed by atoms with E-state index in [4.69, 9.17) is 16.9 Å². The highest BCUT2D eigenvalue weighted by atomic mass is 16.2. The number of carbonyl (C=O) groups excluding carboxylic acids is 4. The maximum atomic E-state index is 14.0. The minimum absolute atomic E-state index is 0.0775. The summed E-state index contributed by atoms with van der Waals surface area (Å²) in [5.74, 6) is -3.31. The molecular formula is C29H39N7O4. The Labute approximate surface area is 234 Å². The maximum absolute atomic E-state index is 14.0. The largest absolute Gasteiger partial charge is 0.384 e. The molecule has 4 amide bonds. The van der Waals surface area contributed by atoms with Gasteiger partial charge in [0, 0.05) is 38.6 Å². The van der Waals surface area contributed by atoms with E-state index in [0.717, 1.165) is 37.7 Å². The van der Waals surface area contributed by atoms with Crippen LogP contribution in [0.2, 0.25) is 0 Å². The van der Waals surface area contributed by atoms with Gasteiger partial charge in [-0.15, -0.1) is 0 Å². The number of aromatic nitrogens is 1. The Hall–Kier alpha value is -4.28. The molecule has 1 fully saturated rings. The lowest BCUT2D eigenvalue weighted by molar-refractivity contribution is -0.145. The van der Waals surface area contributed by atoms with E-state index in [1.54, 1.807) is 62.9 Å². The average molecular weight is 550 g/mol. The topological polar surface area (TPSA) is 176 Å². The summed E-state index contributed by atoms with van der Waals surface area (Å²) < 4.78 is 0. The maximum Gasteiger partial charge on any atom is 0.246 e. The van der Waals surface area contributed by atoms with Crippen molar-refractivity contribution in [2.75, 3.05) is 20.6 Å². The average Bonchev–Trinajstić information content (AvgIpc) is 2.94. The number of benzene rings is 1. The van der Waals surface area contributed by atoms with Crippen LogP contribution in [0.25, 0.3) is 0 Å². The number of amidine groups is 1. The molecule has 1 heterocycles. The summed E-state index contributed by atoms with van der Waals surface area (Å²) in [5.41, 5.74) is 13.1. The third kappa shape index (κ3) is 8.36. The molecule has 11 nitrogen and oxygen atoms in total. The number of nitrogens with one attached hydrogen (secondary N) is 2. The van der Waals surface area contributed by atoms with Gasteiger partial charge in [-0.3, -0.25) is 29.6 Å². The van der Waals surface area contributed by atoms with E-state index >= 15 is 0 Å². The molecule has 1 aliphatic carbocycles. The first-order valence-electron chi connectivity index (χ1n) is 13.5. The predicted octanol–water partition coefficient (Wildman–Crippen LogP) is 1.19. The van der Waals surface area contributed by atoms with Gasteiger partial charge in [-0.25, -0.2) is 0 Å². The second-order valence-corrected chi connectivity index (χ2v) is 10.5. The summed E-state index contributed by atoms with van der Waals surface area (Å²) in [7, 11) is 3.16. The monoisotopic (exact) mass is 549 g/mol. The fourth-order valence-electron chi connectivity index (χ4n) is 5.07. The summed E-state index contributed by atoms with van der Waals surface area (Å²) >= 11 is 0. The molecule has 0 spiro atoms. The van der Waals surface area contributed by atoms with Crippen molar-refractivity contribution in [3.05, 3.63) is 65.5 Å². The molecule has 0 radical (unpaired) electrons. The van der Waals surface area contributed by atoms with Gasteiger partial charge in [-0.1, -0.05) is 43.5 Å². The molecule has 0 aliphatic heterocycles. The normalized spacial score (nSPS) is 14.9. The first-order valence-corrected chi connectivity index (χ1v) is 13.5. The molecule has 6 N–H and O–H groups in total. The van der Waals surface area contributed by atoms with E-state index in [0.29, 0.717) is 11.1 Å². The predicted molar refractivity (Wildman–Crippen MR) is 151 cm³/mol. The van der Waals surface area contributed by atoms with Gasteiger partial charge in [-0.2, -0.15) is 0 Å². The van der Waals surface area contributed by atoms with Gasteiger partial charge in [0.15, 0.2) is 0 Å². The Morgan fingerprint density at radius 1 is 0.950 bits per heavy atom. The lowest BCUT2D eigenvalue weighted by atomic mass is 9.82. The smallest absolute Gasteiger partial charge is 0.246 e. The number of rotatable bonds is 12. The van der Waals surface area contributed by atoms with E-state index in [-0.39, 0.29) is 31.3 Å². The number of hydrogen-bond acceptors (Lipinski definition) is 6. The van der Waals surface area contributed by atoms with Crippen LogP contribution in [-0.4, -0.2) is 70.9 Å². The molecule has 3 rings (SSSR count). The molecule has 0 saturated heterocycles. The van der Waals surface area contributed by atoms with E-state index < -0.39 is 35.6 Å². The molecule has 1 saturated carbocycles. The molecule has 11 heteroatoms. The van der Waals surface area contributed by atoms with Gasteiger partial charge < -0.3 is 26.6 Å². The quantitative estimate of drug-likeness (QED) is 0.176. The molecular weight excluding hydrogens is 510 g/mol. The van der Waals surface area contributed by atoms with Crippen LogP contribution >= 0.6 is 0 Å². The lowest BCUT2D eigenvalue weighted by Gasteiger charge is -2.34. The number of nitrogen functional groups attached to an aromatic ring is 1. The standard InChI is InChI=1S/C29H39N7O4/c1-35(2)28(39)23(16-19-8-10-22(11-9-19)26(31)32)27(38)34-25(21-6-4-3-5-7-21)29(40)36(18-24(30)37)17-20-12-14-33-15-13-20/h8-15,21,23,25H,3-7,16-18H2,1-2H3,(H2,30,37)(H3,31,32)(H,34,38)/t23?,25-/m0/s1. The fraction of sp³-hybridized carbons (Fsp3) is 0.448. The number of hydrogen-bond donors (Lipinski definition) is 4.